The molecule has 2 atom stereocenters. The van der Waals surface area contributed by atoms with E-state index in [1.165, 1.54) is 49.8 Å². The van der Waals surface area contributed by atoms with Crippen LogP contribution in [-0.2, 0) is 12.8 Å². The van der Waals surface area contributed by atoms with Crippen molar-refractivity contribution in [3.63, 3.8) is 0 Å². The van der Waals surface area contributed by atoms with Crippen molar-refractivity contribution in [1.82, 2.24) is 14.6 Å². The maximum atomic E-state index is 6.41. The summed E-state index contributed by atoms with van der Waals surface area (Å²) in [4.78, 5) is 4.98. The zero-order valence-electron chi connectivity index (χ0n) is 16.1. The quantitative estimate of drug-likeness (QED) is 0.684. The van der Waals surface area contributed by atoms with Crippen molar-refractivity contribution in [1.29, 1.82) is 0 Å². The molecule has 3 aliphatic carbocycles. The summed E-state index contributed by atoms with van der Waals surface area (Å²) < 4.78 is 1.92. The Hall–Kier alpha value is -0.750. The molecular formula is C20H30Cl3N5. The number of rotatable bonds is 2. The Morgan fingerprint density at radius 3 is 2.64 bits per heavy atom. The topological polar surface area (TPSA) is 68.2 Å². The molecule has 0 bridgehead atoms. The van der Waals surface area contributed by atoms with Crippen molar-refractivity contribution in [2.75, 3.05) is 5.32 Å². The van der Waals surface area contributed by atoms with E-state index in [0.717, 1.165) is 43.6 Å². The maximum Gasteiger partial charge on any atom is 0.176 e. The highest BCUT2D eigenvalue weighted by molar-refractivity contribution is 6.33. The van der Waals surface area contributed by atoms with Crippen LogP contribution in [0.3, 0.4) is 0 Å². The van der Waals surface area contributed by atoms with Gasteiger partial charge in [0.2, 0.25) is 0 Å². The number of nitrogens with two attached hydrogens (primary N) is 1. The fourth-order valence-electron chi connectivity index (χ4n) is 5.51. The Labute approximate surface area is 184 Å². The standard InChI is InChI=1S/C20H28ClN5.2ClH/c21-16-12-23-26-18(24-14-5-4-13(22)10-14)15-6-9-20(7-2-1-3-8-20)11-17(15)25-19(16)26;;/h12-14,24H,1-11,22H2;2*1H/t13-,14+;;/m0../s1. The molecular weight excluding hydrogens is 417 g/mol. The van der Waals surface area contributed by atoms with Crippen LogP contribution in [-0.4, -0.2) is 26.7 Å². The van der Waals surface area contributed by atoms with E-state index < -0.39 is 0 Å². The monoisotopic (exact) mass is 445 g/mol. The van der Waals surface area contributed by atoms with Crippen LogP contribution >= 0.6 is 36.4 Å². The van der Waals surface area contributed by atoms with Crippen molar-refractivity contribution >= 4 is 47.9 Å². The van der Waals surface area contributed by atoms with Gasteiger partial charge in [-0.3, -0.25) is 0 Å². The van der Waals surface area contributed by atoms with Crippen molar-refractivity contribution in [3.05, 3.63) is 22.5 Å². The number of hydrogen-bond acceptors (Lipinski definition) is 4. The molecule has 2 fully saturated rings. The fourth-order valence-corrected chi connectivity index (χ4v) is 5.67. The fraction of sp³-hybridized carbons (Fsp3) is 0.700. The molecule has 156 valence electrons. The van der Waals surface area contributed by atoms with Crippen molar-refractivity contribution in [2.45, 2.75) is 82.7 Å². The van der Waals surface area contributed by atoms with Gasteiger partial charge in [-0.15, -0.1) is 24.8 Å². The molecule has 28 heavy (non-hydrogen) atoms. The molecule has 5 nitrogen and oxygen atoms in total. The van der Waals surface area contributed by atoms with Gasteiger partial charge in [0.1, 0.15) is 10.8 Å². The highest BCUT2D eigenvalue weighted by atomic mass is 35.5. The van der Waals surface area contributed by atoms with Gasteiger partial charge in [0, 0.05) is 17.6 Å². The number of hydrogen-bond donors (Lipinski definition) is 2. The number of fused-ring (bicyclic) bond motifs is 2. The molecule has 2 aromatic heterocycles. The number of aromatic nitrogens is 3. The molecule has 1 spiro atoms. The molecule has 3 aliphatic rings. The number of nitrogens with one attached hydrogen (secondary N) is 1. The summed E-state index contributed by atoms with van der Waals surface area (Å²) in [5.74, 6) is 1.11. The van der Waals surface area contributed by atoms with Crippen LogP contribution in [0.15, 0.2) is 6.20 Å². The Kier molecular flexibility index (Phi) is 6.70. The van der Waals surface area contributed by atoms with E-state index in [-0.39, 0.29) is 24.8 Å². The number of anilines is 1. The van der Waals surface area contributed by atoms with Gasteiger partial charge in [-0.05, 0) is 56.8 Å². The van der Waals surface area contributed by atoms with Gasteiger partial charge in [-0.25, -0.2) is 4.98 Å². The number of nitrogens with zero attached hydrogens (tertiary/aromatic N) is 3. The normalized spacial score (nSPS) is 25.8. The van der Waals surface area contributed by atoms with Gasteiger partial charge < -0.3 is 11.1 Å². The first-order valence-corrected chi connectivity index (χ1v) is 10.6. The minimum absolute atomic E-state index is 0. The van der Waals surface area contributed by atoms with Crippen LogP contribution in [0.5, 0.6) is 0 Å². The molecule has 0 amide bonds. The Bertz CT molecular complexity index is 831. The molecule has 0 radical (unpaired) electrons. The largest absolute Gasteiger partial charge is 0.367 e. The van der Waals surface area contributed by atoms with Crippen molar-refractivity contribution in [3.8, 4) is 0 Å². The minimum Gasteiger partial charge on any atom is -0.367 e. The summed E-state index contributed by atoms with van der Waals surface area (Å²) in [6, 6.07) is 0.737. The Balaban J connectivity index is 0.00000112. The van der Waals surface area contributed by atoms with E-state index in [1.807, 2.05) is 4.52 Å². The first-order chi connectivity index (χ1) is 12.6. The van der Waals surface area contributed by atoms with Gasteiger partial charge in [0.05, 0.1) is 11.9 Å². The molecule has 0 aromatic carbocycles. The smallest absolute Gasteiger partial charge is 0.176 e. The Morgan fingerprint density at radius 1 is 1.14 bits per heavy atom. The van der Waals surface area contributed by atoms with E-state index in [0.29, 0.717) is 22.5 Å². The zero-order chi connectivity index (χ0) is 17.7. The van der Waals surface area contributed by atoms with E-state index >= 15 is 0 Å². The predicted molar refractivity (Wildman–Crippen MR) is 119 cm³/mol. The summed E-state index contributed by atoms with van der Waals surface area (Å²) in [5, 5.41) is 8.93. The lowest BCUT2D eigenvalue weighted by Gasteiger charge is -2.41. The van der Waals surface area contributed by atoms with Gasteiger partial charge >= 0.3 is 0 Å². The first kappa shape index (κ1) is 21.9. The van der Waals surface area contributed by atoms with Gasteiger partial charge in [-0.1, -0.05) is 30.9 Å². The van der Waals surface area contributed by atoms with Gasteiger partial charge in [-0.2, -0.15) is 9.61 Å². The SMILES string of the molecule is Cl.Cl.N[C@H]1CC[C@@H](Nc2c3c(nc4c(Cl)cnn24)CC2(CCCCC2)CC3)C1. The molecule has 0 aliphatic heterocycles. The zero-order valence-corrected chi connectivity index (χ0v) is 18.5. The lowest BCUT2D eigenvalue weighted by molar-refractivity contribution is 0.160. The summed E-state index contributed by atoms with van der Waals surface area (Å²) >= 11 is 6.41. The third kappa shape index (κ3) is 3.83. The molecule has 2 saturated carbocycles. The summed E-state index contributed by atoms with van der Waals surface area (Å²) in [7, 11) is 0. The van der Waals surface area contributed by atoms with E-state index in [2.05, 4.69) is 10.4 Å². The van der Waals surface area contributed by atoms with Crippen LogP contribution in [0.4, 0.5) is 5.82 Å². The molecule has 2 aromatic rings. The highest BCUT2D eigenvalue weighted by Crippen LogP contribution is 2.47. The van der Waals surface area contributed by atoms with Crippen LogP contribution in [0.1, 0.15) is 69.0 Å². The minimum atomic E-state index is 0. The maximum absolute atomic E-state index is 6.41. The second-order valence-corrected chi connectivity index (χ2v) is 9.17. The molecule has 8 heteroatoms. The van der Waals surface area contributed by atoms with E-state index in [1.54, 1.807) is 6.20 Å². The van der Waals surface area contributed by atoms with Crippen LogP contribution < -0.4 is 11.1 Å². The lowest BCUT2D eigenvalue weighted by atomic mass is 9.65. The second-order valence-electron chi connectivity index (χ2n) is 8.77. The molecule has 2 heterocycles. The highest BCUT2D eigenvalue weighted by Gasteiger charge is 2.38. The molecule has 5 rings (SSSR count). The number of halogens is 3. The average molecular weight is 447 g/mol. The van der Waals surface area contributed by atoms with E-state index in [4.69, 9.17) is 22.3 Å². The average Bonchev–Trinajstić information content (AvgIpc) is 3.21. The third-order valence-corrected chi connectivity index (χ3v) is 7.23. The third-order valence-electron chi connectivity index (χ3n) is 6.96. The Morgan fingerprint density at radius 2 is 1.93 bits per heavy atom. The van der Waals surface area contributed by atoms with Crippen LogP contribution in [0.25, 0.3) is 5.65 Å². The van der Waals surface area contributed by atoms with Crippen molar-refractivity contribution in [2.24, 2.45) is 11.1 Å². The molecule has 0 unspecified atom stereocenters. The first-order valence-electron chi connectivity index (χ1n) is 10.2. The molecule has 0 saturated heterocycles. The molecule has 3 N–H and O–H groups in total. The summed E-state index contributed by atoms with van der Waals surface area (Å²) in [6.07, 6.45) is 15.3. The van der Waals surface area contributed by atoms with Crippen molar-refractivity contribution < 1.29 is 0 Å². The van der Waals surface area contributed by atoms with Gasteiger partial charge in [0.15, 0.2) is 5.65 Å². The second kappa shape index (κ2) is 8.55. The van der Waals surface area contributed by atoms with Gasteiger partial charge in [0.25, 0.3) is 0 Å². The predicted octanol–water partition coefficient (Wildman–Crippen LogP) is 4.96. The lowest BCUT2D eigenvalue weighted by Crippen LogP contribution is -2.33. The van der Waals surface area contributed by atoms with Crippen LogP contribution in [0, 0.1) is 5.41 Å². The summed E-state index contributed by atoms with van der Waals surface area (Å²) in [5.41, 5.74) is 10.00. The van der Waals surface area contributed by atoms with Crippen LogP contribution in [0.2, 0.25) is 5.02 Å². The van der Waals surface area contributed by atoms with E-state index in [9.17, 15) is 0 Å². The summed E-state index contributed by atoms with van der Waals surface area (Å²) in [6.45, 7) is 0.